The van der Waals surface area contributed by atoms with E-state index < -0.39 is 0 Å². The highest BCUT2D eigenvalue weighted by Crippen LogP contribution is 2.28. The molecule has 2 aromatic rings. The molecule has 0 saturated carbocycles. The van der Waals surface area contributed by atoms with Crippen molar-refractivity contribution in [1.82, 2.24) is 5.43 Å². The predicted molar refractivity (Wildman–Crippen MR) is 103 cm³/mol. The molecule has 0 fully saturated rings. The van der Waals surface area contributed by atoms with Crippen molar-refractivity contribution in [3.8, 4) is 23.0 Å². The van der Waals surface area contributed by atoms with Gasteiger partial charge in [0.15, 0.2) is 11.5 Å². The summed E-state index contributed by atoms with van der Waals surface area (Å²) in [5, 5.41) is 4.54. The van der Waals surface area contributed by atoms with Crippen LogP contribution in [-0.2, 0) is 6.54 Å². The topological polar surface area (TPSA) is 61.3 Å². The molecule has 0 atom stereocenters. The molecule has 2 aromatic carbocycles. The molecular weight excluding hydrogens is 332 g/mol. The smallest absolute Gasteiger partial charge is 0.161 e. The Bertz CT molecular complexity index is 759. The van der Waals surface area contributed by atoms with Gasteiger partial charge in [0.25, 0.3) is 0 Å². The number of hydrazone groups is 1. The monoisotopic (exact) mass is 358 g/mol. The lowest BCUT2D eigenvalue weighted by atomic mass is 10.1. The summed E-state index contributed by atoms with van der Waals surface area (Å²) in [7, 11) is 6.52. The third-order valence-corrected chi connectivity index (χ3v) is 4.00. The summed E-state index contributed by atoms with van der Waals surface area (Å²) >= 11 is 0. The zero-order valence-corrected chi connectivity index (χ0v) is 16.0. The third-order valence-electron chi connectivity index (χ3n) is 4.00. The first-order valence-corrected chi connectivity index (χ1v) is 8.39. The fourth-order valence-corrected chi connectivity index (χ4v) is 2.58. The Morgan fingerprint density at radius 2 is 1.58 bits per heavy atom. The number of benzene rings is 2. The normalized spacial score (nSPS) is 11.0. The number of nitrogens with one attached hydrogen (secondary N) is 1. The van der Waals surface area contributed by atoms with Crippen molar-refractivity contribution in [3.63, 3.8) is 0 Å². The van der Waals surface area contributed by atoms with E-state index in [9.17, 15) is 0 Å². The minimum absolute atomic E-state index is 0.572. The Balaban J connectivity index is 2.15. The maximum absolute atomic E-state index is 5.47. The highest BCUT2D eigenvalue weighted by molar-refractivity contribution is 6.02. The summed E-state index contributed by atoms with van der Waals surface area (Å²) in [6, 6.07) is 11.5. The van der Waals surface area contributed by atoms with E-state index >= 15 is 0 Å². The Hall–Kier alpha value is -2.89. The van der Waals surface area contributed by atoms with Gasteiger partial charge < -0.3 is 24.4 Å². The molecular formula is C20H26N2O4. The van der Waals surface area contributed by atoms with Crippen LogP contribution in [0, 0.1) is 0 Å². The van der Waals surface area contributed by atoms with Gasteiger partial charge in [-0.15, -0.1) is 0 Å². The summed E-state index contributed by atoms with van der Waals surface area (Å²) in [5.41, 5.74) is 6.02. The first kappa shape index (κ1) is 19.4. The molecule has 6 heteroatoms. The molecule has 0 bridgehead atoms. The average molecular weight is 358 g/mol. The molecule has 0 unspecified atom stereocenters. The van der Waals surface area contributed by atoms with E-state index in [1.807, 2.05) is 36.4 Å². The fourth-order valence-electron chi connectivity index (χ4n) is 2.58. The van der Waals surface area contributed by atoms with Crippen molar-refractivity contribution in [3.05, 3.63) is 47.5 Å². The van der Waals surface area contributed by atoms with E-state index in [0.29, 0.717) is 18.0 Å². The van der Waals surface area contributed by atoms with E-state index in [2.05, 4.69) is 17.5 Å². The standard InChI is InChI=1S/C20H26N2O4/c1-6-17(16-9-8-15(23-2)12-19(16)25-4)22-21-13-14-7-10-18(24-3)20(11-14)26-5/h7-12,21H,6,13H2,1-5H3/b22-17-. The van der Waals surface area contributed by atoms with E-state index in [4.69, 9.17) is 18.9 Å². The van der Waals surface area contributed by atoms with Gasteiger partial charge in [-0.2, -0.15) is 5.10 Å². The minimum Gasteiger partial charge on any atom is -0.497 e. The number of ether oxygens (including phenoxy) is 4. The van der Waals surface area contributed by atoms with Crippen LogP contribution in [0.2, 0.25) is 0 Å². The van der Waals surface area contributed by atoms with E-state index in [1.54, 1.807) is 28.4 Å². The van der Waals surface area contributed by atoms with Crippen molar-refractivity contribution < 1.29 is 18.9 Å². The van der Waals surface area contributed by atoms with Crippen LogP contribution in [0.4, 0.5) is 0 Å². The Morgan fingerprint density at radius 3 is 2.19 bits per heavy atom. The Morgan fingerprint density at radius 1 is 0.846 bits per heavy atom. The van der Waals surface area contributed by atoms with Crippen LogP contribution in [0.15, 0.2) is 41.5 Å². The second-order valence-electron chi connectivity index (χ2n) is 5.50. The van der Waals surface area contributed by atoms with E-state index in [-0.39, 0.29) is 0 Å². The van der Waals surface area contributed by atoms with E-state index in [0.717, 1.165) is 34.8 Å². The molecule has 2 rings (SSSR count). The Labute approximate surface area is 154 Å². The van der Waals surface area contributed by atoms with Crippen LogP contribution >= 0.6 is 0 Å². The number of hydrogen-bond donors (Lipinski definition) is 1. The second kappa shape index (κ2) is 9.56. The molecule has 0 radical (unpaired) electrons. The lowest BCUT2D eigenvalue weighted by molar-refractivity contribution is 0.354. The quantitative estimate of drug-likeness (QED) is 0.548. The van der Waals surface area contributed by atoms with Crippen LogP contribution in [0.5, 0.6) is 23.0 Å². The zero-order chi connectivity index (χ0) is 18.9. The van der Waals surface area contributed by atoms with Gasteiger partial charge in [-0.1, -0.05) is 13.0 Å². The van der Waals surface area contributed by atoms with Gasteiger partial charge in [-0.25, -0.2) is 0 Å². The van der Waals surface area contributed by atoms with Gasteiger partial charge in [0, 0.05) is 11.6 Å². The van der Waals surface area contributed by atoms with Gasteiger partial charge in [-0.05, 0) is 36.2 Å². The Kier molecular flexibility index (Phi) is 7.14. The molecule has 0 saturated heterocycles. The molecule has 0 amide bonds. The molecule has 0 heterocycles. The molecule has 1 N–H and O–H groups in total. The fraction of sp³-hybridized carbons (Fsp3) is 0.350. The van der Waals surface area contributed by atoms with Crippen LogP contribution < -0.4 is 24.4 Å². The molecule has 26 heavy (non-hydrogen) atoms. The highest BCUT2D eigenvalue weighted by atomic mass is 16.5. The maximum Gasteiger partial charge on any atom is 0.161 e. The molecule has 0 aliphatic rings. The average Bonchev–Trinajstić information content (AvgIpc) is 2.70. The lowest BCUT2D eigenvalue weighted by Crippen LogP contribution is -2.12. The highest BCUT2D eigenvalue weighted by Gasteiger charge is 2.10. The largest absolute Gasteiger partial charge is 0.497 e. The van der Waals surface area contributed by atoms with Crippen LogP contribution in [0.1, 0.15) is 24.5 Å². The lowest BCUT2D eigenvalue weighted by Gasteiger charge is -2.12. The van der Waals surface area contributed by atoms with Crippen molar-refractivity contribution in [1.29, 1.82) is 0 Å². The number of hydrogen-bond acceptors (Lipinski definition) is 6. The molecule has 0 aliphatic carbocycles. The maximum atomic E-state index is 5.47. The van der Waals surface area contributed by atoms with Crippen molar-refractivity contribution >= 4 is 5.71 Å². The van der Waals surface area contributed by atoms with Crippen molar-refractivity contribution in [2.45, 2.75) is 19.9 Å². The predicted octanol–water partition coefficient (Wildman–Crippen LogP) is 3.62. The van der Waals surface area contributed by atoms with Crippen LogP contribution in [0.3, 0.4) is 0 Å². The molecule has 140 valence electrons. The molecule has 0 aliphatic heterocycles. The van der Waals surface area contributed by atoms with Gasteiger partial charge in [-0.3, -0.25) is 0 Å². The number of methoxy groups -OCH3 is 4. The van der Waals surface area contributed by atoms with E-state index in [1.165, 1.54) is 0 Å². The summed E-state index contributed by atoms with van der Waals surface area (Å²) in [6.07, 6.45) is 0.765. The van der Waals surface area contributed by atoms with Gasteiger partial charge in [0.2, 0.25) is 0 Å². The van der Waals surface area contributed by atoms with Crippen LogP contribution in [-0.4, -0.2) is 34.2 Å². The minimum atomic E-state index is 0.572. The zero-order valence-electron chi connectivity index (χ0n) is 16.0. The number of nitrogens with zero attached hydrogens (tertiary/aromatic N) is 1. The van der Waals surface area contributed by atoms with Crippen molar-refractivity contribution in [2.75, 3.05) is 28.4 Å². The SMILES string of the molecule is CC/C(=N/NCc1ccc(OC)c(OC)c1)c1ccc(OC)cc1OC. The summed E-state index contributed by atoms with van der Waals surface area (Å²) in [4.78, 5) is 0. The molecule has 6 nitrogen and oxygen atoms in total. The van der Waals surface area contributed by atoms with Gasteiger partial charge in [0.05, 0.1) is 40.7 Å². The third kappa shape index (κ3) is 4.59. The summed E-state index contributed by atoms with van der Waals surface area (Å²) < 4.78 is 21.3. The summed E-state index contributed by atoms with van der Waals surface area (Å²) in [5.74, 6) is 2.89. The van der Waals surface area contributed by atoms with Gasteiger partial charge in [0.1, 0.15) is 11.5 Å². The first-order chi connectivity index (χ1) is 12.7. The first-order valence-electron chi connectivity index (χ1n) is 8.39. The van der Waals surface area contributed by atoms with Gasteiger partial charge >= 0.3 is 0 Å². The summed E-state index contributed by atoms with van der Waals surface area (Å²) in [6.45, 7) is 2.63. The second-order valence-corrected chi connectivity index (χ2v) is 5.50. The van der Waals surface area contributed by atoms with Crippen molar-refractivity contribution in [2.24, 2.45) is 5.10 Å². The van der Waals surface area contributed by atoms with Crippen LogP contribution in [0.25, 0.3) is 0 Å². The number of rotatable bonds is 9. The molecule has 0 aromatic heterocycles. The molecule has 0 spiro atoms.